The van der Waals surface area contributed by atoms with Crippen molar-refractivity contribution in [3.8, 4) is 23.0 Å². The Morgan fingerprint density at radius 3 is 0.609 bits per heavy atom. The number of benzene rings is 4. The van der Waals surface area contributed by atoms with Gasteiger partial charge in [0, 0.05) is 101 Å². The molecule has 0 bridgehead atoms. The van der Waals surface area contributed by atoms with Crippen LogP contribution in [-0.2, 0) is 47.8 Å². The normalized spacial score (nSPS) is 16.5. The Bertz CT molecular complexity index is 1920. The Labute approximate surface area is 387 Å². The molecule has 4 N–H and O–H groups in total. The van der Waals surface area contributed by atoms with Crippen LogP contribution in [0.4, 0.5) is 0 Å². The Morgan fingerprint density at radius 2 is 0.469 bits per heavy atom. The summed E-state index contributed by atoms with van der Waals surface area (Å²) in [6.45, 7) is 42.7. The predicted molar refractivity (Wildman–Crippen MR) is 267 cm³/mol. The van der Waals surface area contributed by atoms with Crippen molar-refractivity contribution >= 4 is 0 Å². The van der Waals surface area contributed by atoms with Gasteiger partial charge in [0.15, 0.2) is 0 Å². The molecule has 0 atom stereocenters. The fourth-order valence-electron chi connectivity index (χ4n) is 9.36. The topological polar surface area (TPSA) is 93.9 Å². The van der Waals surface area contributed by atoms with E-state index in [0.29, 0.717) is 49.2 Å². The summed E-state index contributed by atoms with van der Waals surface area (Å²) in [6.07, 6.45) is 0. The summed E-state index contributed by atoms with van der Waals surface area (Å²) >= 11 is 0. The summed E-state index contributed by atoms with van der Waals surface area (Å²) in [4.78, 5) is 9.91. The van der Waals surface area contributed by atoms with Crippen molar-refractivity contribution in [1.82, 2.24) is 19.6 Å². The summed E-state index contributed by atoms with van der Waals surface area (Å²) < 4.78 is 0. The lowest BCUT2D eigenvalue weighted by atomic mass is 9.84. The highest BCUT2D eigenvalue weighted by atomic mass is 16.3. The van der Waals surface area contributed by atoms with E-state index in [2.05, 4.69) is 179 Å². The lowest BCUT2D eigenvalue weighted by Crippen LogP contribution is -2.45. The van der Waals surface area contributed by atoms with Crippen LogP contribution >= 0.6 is 0 Å². The van der Waals surface area contributed by atoms with Gasteiger partial charge >= 0.3 is 0 Å². The zero-order valence-electron chi connectivity index (χ0n) is 42.7. The summed E-state index contributed by atoms with van der Waals surface area (Å²) in [7, 11) is 0. The fourth-order valence-corrected chi connectivity index (χ4v) is 9.36. The molecule has 0 aromatic heterocycles. The van der Waals surface area contributed by atoms with Gasteiger partial charge in [-0.2, -0.15) is 0 Å². The Kier molecular flexibility index (Phi) is 15.7. The Hall–Kier alpha value is -4.08. The number of aromatic hydroxyl groups is 4. The molecule has 0 aliphatic carbocycles. The molecule has 0 radical (unpaired) electrons. The number of hydrogen-bond acceptors (Lipinski definition) is 8. The zero-order valence-corrected chi connectivity index (χ0v) is 42.7. The van der Waals surface area contributed by atoms with Crippen LogP contribution in [0.2, 0.25) is 0 Å². The SMILES string of the molecule is Cc1cc(CN2CCN(Cc3cc(C)cc(C(C)(C)C)c3O)CCN(Cc3cc(C)cc(C(C)(C)C)c3O)CCN(Cc3cc(C)cc(C(C)(C)C)c3O)CC2)c(O)c(C(C)(C)C)c1. The molecule has 1 fully saturated rings. The molecular formula is C56H84N4O4. The quantitative estimate of drug-likeness (QED) is 0.139. The standard InChI is InChI=1S/C56H84N4O4/c1-37-25-41(49(61)45(29-37)53(5,6)7)33-57-17-19-58(34-42-26-38(2)30-46(50(42)62)54(8,9)10)21-23-60(36-44-28-40(4)32-48(52(44)64)56(14,15)16)24-22-59(20-18-57)35-43-27-39(3)31-47(51(43)63)55(11,12)13/h25-32,61-64H,17-24,33-36H2,1-16H3. The van der Waals surface area contributed by atoms with Crippen LogP contribution in [0.25, 0.3) is 0 Å². The maximum absolute atomic E-state index is 11.8. The van der Waals surface area contributed by atoms with E-state index in [4.69, 9.17) is 0 Å². The zero-order chi connectivity index (χ0) is 47.7. The number of aryl methyl sites for hydroxylation is 4. The minimum absolute atomic E-state index is 0.209. The molecule has 352 valence electrons. The third-order valence-corrected chi connectivity index (χ3v) is 13.1. The van der Waals surface area contributed by atoms with Gasteiger partial charge in [0.2, 0.25) is 0 Å². The van der Waals surface area contributed by atoms with E-state index in [-0.39, 0.29) is 21.7 Å². The van der Waals surface area contributed by atoms with Gasteiger partial charge in [-0.3, -0.25) is 19.6 Å². The number of nitrogens with zero attached hydrogens (tertiary/aromatic N) is 4. The van der Waals surface area contributed by atoms with Crippen LogP contribution < -0.4 is 0 Å². The average molecular weight is 877 g/mol. The minimum atomic E-state index is -0.209. The van der Waals surface area contributed by atoms with Gasteiger partial charge in [-0.1, -0.05) is 154 Å². The third-order valence-electron chi connectivity index (χ3n) is 13.1. The van der Waals surface area contributed by atoms with E-state index < -0.39 is 0 Å². The Balaban J connectivity index is 1.58. The first-order valence-electron chi connectivity index (χ1n) is 23.7. The van der Waals surface area contributed by atoms with Crippen LogP contribution in [0.5, 0.6) is 23.0 Å². The molecule has 1 aliphatic heterocycles. The summed E-state index contributed by atoms with van der Waals surface area (Å²) in [5.41, 5.74) is 11.3. The monoisotopic (exact) mass is 877 g/mol. The smallest absolute Gasteiger partial charge is 0.123 e. The molecule has 4 aromatic carbocycles. The van der Waals surface area contributed by atoms with Crippen LogP contribution in [0.1, 0.15) is 150 Å². The van der Waals surface area contributed by atoms with E-state index >= 15 is 0 Å². The lowest BCUT2D eigenvalue weighted by Gasteiger charge is -2.35. The maximum atomic E-state index is 11.8. The molecule has 8 heteroatoms. The first kappa shape index (κ1) is 50.9. The van der Waals surface area contributed by atoms with E-state index in [1.54, 1.807) is 0 Å². The van der Waals surface area contributed by atoms with Gasteiger partial charge in [0.25, 0.3) is 0 Å². The van der Waals surface area contributed by atoms with Gasteiger partial charge in [-0.15, -0.1) is 0 Å². The van der Waals surface area contributed by atoms with E-state index in [9.17, 15) is 20.4 Å². The summed E-state index contributed by atoms with van der Waals surface area (Å²) in [5, 5.41) is 47.2. The molecule has 4 aromatic rings. The Morgan fingerprint density at radius 1 is 0.312 bits per heavy atom. The maximum Gasteiger partial charge on any atom is 0.123 e. The lowest BCUT2D eigenvalue weighted by molar-refractivity contribution is 0.120. The first-order valence-corrected chi connectivity index (χ1v) is 23.7. The first-order chi connectivity index (χ1) is 29.5. The van der Waals surface area contributed by atoms with Crippen molar-refractivity contribution in [2.45, 2.75) is 159 Å². The van der Waals surface area contributed by atoms with Crippen molar-refractivity contribution in [1.29, 1.82) is 0 Å². The van der Waals surface area contributed by atoms with Crippen LogP contribution in [-0.4, -0.2) is 92.4 Å². The molecule has 0 amide bonds. The number of rotatable bonds is 8. The molecule has 1 heterocycles. The molecule has 0 saturated carbocycles. The van der Waals surface area contributed by atoms with Gasteiger partial charge in [-0.05, 0) is 71.6 Å². The highest BCUT2D eigenvalue weighted by Crippen LogP contribution is 2.39. The summed E-state index contributed by atoms with van der Waals surface area (Å²) in [6, 6.07) is 17.0. The fraction of sp³-hybridized carbons (Fsp3) is 0.571. The van der Waals surface area contributed by atoms with Crippen LogP contribution in [0.3, 0.4) is 0 Å². The van der Waals surface area contributed by atoms with Crippen LogP contribution in [0, 0.1) is 27.7 Å². The molecule has 1 aliphatic rings. The number of phenolic OH excluding ortho intramolecular Hbond substituents is 4. The van der Waals surface area contributed by atoms with E-state index in [0.717, 1.165) is 119 Å². The molecule has 5 rings (SSSR count). The molecule has 0 unspecified atom stereocenters. The van der Waals surface area contributed by atoms with E-state index in [1.807, 2.05) is 0 Å². The molecular weight excluding hydrogens is 793 g/mol. The molecule has 8 nitrogen and oxygen atoms in total. The predicted octanol–water partition coefficient (Wildman–Crippen LogP) is 11.3. The highest BCUT2D eigenvalue weighted by molar-refractivity contribution is 5.50. The van der Waals surface area contributed by atoms with Gasteiger partial charge in [0.05, 0.1) is 0 Å². The second-order valence-electron chi connectivity index (χ2n) is 23.4. The van der Waals surface area contributed by atoms with Gasteiger partial charge in [0.1, 0.15) is 23.0 Å². The van der Waals surface area contributed by atoms with Crippen molar-refractivity contribution < 1.29 is 20.4 Å². The van der Waals surface area contributed by atoms with Crippen LogP contribution in [0.15, 0.2) is 48.5 Å². The van der Waals surface area contributed by atoms with Crippen molar-refractivity contribution in [2.75, 3.05) is 52.4 Å². The number of phenols is 4. The summed E-state index contributed by atoms with van der Waals surface area (Å²) in [5.74, 6) is 1.51. The second-order valence-corrected chi connectivity index (χ2v) is 23.4. The second kappa shape index (κ2) is 19.8. The van der Waals surface area contributed by atoms with Crippen molar-refractivity contribution in [3.05, 3.63) is 115 Å². The molecule has 64 heavy (non-hydrogen) atoms. The molecule has 0 spiro atoms. The highest BCUT2D eigenvalue weighted by Gasteiger charge is 2.28. The largest absolute Gasteiger partial charge is 0.507 e. The molecule has 1 saturated heterocycles. The van der Waals surface area contributed by atoms with Gasteiger partial charge in [-0.25, -0.2) is 0 Å². The third kappa shape index (κ3) is 13.0. The van der Waals surface area contributed by atoms with Gasteiger partial charge < -0.3 is 20.4 Å². The minimum Gasteiger partial charge on any atom is -0.507 e. The average Bonchev–Trinajstić information content (AvgIpc) is 3.15. The van der Waals surface area contributed by atoms with Crippen molar-refractivity contribution in [2.24, 2.45) is 0 Å². The van der Waals surface area contributed by atoms with E-state index in [1.165, 1.54) is 0 Å². The number of hydrogen-bond donors (Lipinski definition) is 4. The van der Waals surface area contributed by atoms with Crippen molar-refractivity contribution in [3.63, 3.8) is 0 Å².